The first-order valence-corrected chi connectivity index (χ1v) is 16.0. The molecule has 0 atom stereocenters. The van der Waals surface area contributed by atoms with Gasteiger partial charge in [-0.1, -0.05) is 61.6 Å². The van der Waals surface area contributed by atoms with E-state index in [0.29, 0.717) is 12.0 Å². The molecule has 1 aliphatic rings. The number of aromatic nitrogens is 2. The number of nitriles is 1. The van der Waals surface area contributed by atoms with Crippen LogP contribution in [0.5, 0.6) is 0 Å². The summed E-state index contributed by atoms with van der Waals surface area (Å²) >= 11 is 3.59. The topological polar surface area (TPSA) is 67.9 Å². The standard InChI is InChI=1S/C26H34BrN3O2Si/c1-26(2)10-8-19(9-11-26)23-15-21(27)7-6-20(23)14-24(31)25-29-22(16-28)17-30(25)18-32-12-13-33(3,4)5/h6-8,15,17H,9-14,18H2,1-5H3. The van der Waals surface area contributed by atoms with Gasteiger partial charge in [0.25, 0.3) is 0 Å². The molecule has 0 N–H and O–H groups in total. The number of rotatable bonds is 9. The average molecular weight is 529 g/mol. The molecule has 0 saturated heterocycles. The third-order valence-corrected chi connectivity index (χ3v) is 8.31. The van der Waals surface area contributed by atoms with Crippen LogP contribution in [0.1, 0.15) is 60.5 Å². The minimum absolute atomic E-state index is 0.106. The smallest absolute Gasteiger partial charge is 0.202 e. The number of imidazole rings is 1. The molecule has 33 heavy (non-hydrogen) atoms. The Morgan fingerprint density at radius 1 is 1.33 bits per heavy atom. The van der Waals surface area contributed by atoms with E-state index in [1.807, 2.05) is 12.1 Å². The predicted molar refractivity (Wildman–Crippen MR) is 139 cm³/mol. The number of allylic oxidation sites excluding steroid dienone is 2. The van der Waals surface area contributed by atoms with Gasteiger partial charge in [0.2, 0.25) is 5.78 Å². The highest BCUT2D eigenvalue weighted by Crippen LogP contribution is 2.39. The first-order chi connectivity index (χ1) is 15.5. The second-order valence-corrected chi connectivity index (χ2v) is 17.4. The molecule has 1 aliphatic carbocycles. The zero-order valence-corrected chi connectivity index (χ0v) is 23.0. The molecule has 0 amide bonds. The van der Waals surface area contributed by atoms with E-state index in [1.54, 1.807) is 10.8 Å². The van der Waals surface area contributed by atoms with Gasteiger partial charge in [-0.15, -0.1) is 0 Å². The van der Waals surface area contributed by atoms with Crippen LogP contribution in [0.4, 0.5) is 0 Å². The van der Waals surface area contributed by atoms with Gasteiger partial charge in [-0.25, -0.2) is 4.98 Å². The maximum atomic E-state index is 13.3. The number of ketones is 1. The molecule has 0 saturated carbocycles. The van der Waals surface area contributed by atoms with Gasteiger partial charge in [-0.2, -0.15) is 5.26 Å². The SMILES string of the molecule is CC1(C)CC=C(c2cc(Br)ccc2CC(=O)c2nc(C#N)cn2COCC[Si](C)(C)C)CC1. The Morgan fingerprint density at radius 2 is 2.09 bits per heavy atom. The van der Waals surface area contributed by atoms with Crippen LogP contribution >= 0.6 is 15.9 Å². The molecule has 5 nitrogen and oxygen atoms in total. The van der Waals surface area contributed by atoms with Gasteiger partial charge in [0.1, 0.15) is 12.8 Å². The Labute approximate surface area is 207 Å². The fraction of sp³-hybridized carbons (Fsp3) is 0.500. The van der Waals surface area contributed by atoms with Crippen LogP contribution in [0.15, 0.2) is 34.9 Å². The molecule has 2 aromatic rings. The van der Waals surface area contributed by atoms with Crippen molar-refractivity contribution >= 4 is 35.4 Å². The first kappa shape index (κ1) is 25.6. The summed E-state index contributed by atoms with van der Waals surface area (Å²) in [6.07, 6.45) is 7.33. The third kappa shape index (κ3) is 7.23. The summed E-state index contributed by atoms with van der Waals surface area (Å²) in [6, 6.07) is 9.20. The van der Waals surface area contributed by atoms with Crippen molar-refractivity contribution in [3.8, 4) is 6.07 Å². The van der Waals surface area contributed by atoms with Crippen molar-refractivity contribution in [1.29, 1.82) is 5.26 Å². The molecular formula is C26H34BrN3O2Si. The average Bonchev–Trinajstić information content (AvgIpc) is 3.15. The normalized spacial score (nSPS) is 15.7. The van der Waals surface area contributed by atoms with E-state index < -0.39 is 8.07 Å². The predicted octanol–water partition coefficient (Wildman–Crippen LogP) is 6.85. The summed E-state index contributed by atoms with van der Waals surface area (Å²) in [5.74, 6) is 0.179. The number of nitrogens with zero attached hydrogens (tertiary/aromatic N) is 3. The summed E-state index contributed by atoms with van der Waals surface area (Å²) < 4.78 is 8.51. The van der Waals surface area contributed by atoms with Crippen LogP contribution in [-0.4, -0.2) is 30.0 Å². The lowest BCUT2D eigenvalue weighted by atomic mass is 9.76. The summed E-state index contributed by atoms with van der Waals surface area (Å²) in [5, 5.41) is 9.33. The Morgan fingerprint density at radius 3 is 2.73 bits per heavy atom. The lowest BCUT2D eigenvalue weighted by molar-refractivity contribution is 0.0799. The second kappa shape index (κ2) is 10.5. The highest BCUT2D eigenvalue weighted by molar-refractivity contribution is 9.10. The monoisotopic (exact) mass is 527 g/mol. The van der Waals surface area contributed by atoms with E-state index in [1.165, 1.54) is 5.57 Å². The molecule has 1 aromatic carbocycles. The highest BCUT2D eigenvalue weighted by Gasteiger charge is 2.24. The molecule has 0 spiro atoms. The van der Waals surface area contributed by atoms with Crippen LogP contribution in [-0.2, 0) is 17.9 Å². The van der Waals surface area contributed by atoms with E-state index in [4.69, 9.17) is 4.74 Å². The molecule has 0 fully saturated rings. The Balaban J connectivity index is 1.80. The van der Waals surface area contributed by atoms with Crippen molar-refractivity contribution in [2.75, 3.05) is 6.61 Å². The van der Waals surface area contributed by atoms with Crippen LogP contribution in [0.2, 0.25) is 25.7 Å². The van der Waals surface area contributed by atoms with Gasteiger partial charge in [0.15, 0.2) is 11.5 Å². The molecule has 1 aromatic heterocycles. The summed E-state index contributed by atoms with van der Waals surface area (Å²) in [4.78, 5) is 17.6. The minimum Gasteiger partial charge on any atom is -0.361 e. The number of Topliss-reactive ketones (excluding diaryl/α,β-unsaturated/α-hetero) is 1. The van der Waals surface area contributed by atoms with Crippen molar-refractivity contribution in [3.63, 3.8) is 0 Å². The lowest BCUT2D eigenvalue weighted by Gasteiger charge is -2.29. The van der Waals surface area contributed by atoms with E-state index in [-0.39, 0.29) is 30.5 Å². The number of halogens is 1. The molecule has 7 heteroatoms. The van der Waals surface area contributed by atoms with Gasteiger partial charge in [0, 0.05) is 31.8 Å². The van der Waals surface area contributed by atoms with Crippen molar-refractivity contribution in [2.24, 2.45) is 5.41 Å². The minimum atomic E-state index is -1.20. The van der Waals surface area contributed by atoms with Crippen LogP contribution in [0.3, 0.4) is 0 Å². The van der Waals surface area contributed by atoms with Crippen LogP contribution < -0.4 is 0 Å². The quantitative estimate of drug-likeness (QED) is 0.203. The zero-order chi connectivity index (χ0) is 24.2. The number of benzene rings is 1. The molecular weight excluding hydrogens is 494 g/mol. The summed E-state index contributed by atoms with van der Waals surface area (Å²) in [5.41, 5.74) is 3.97. The Hall–Kier alpha value is -2.01. The van der Waals surface area contributed by atoms with Crippen molar-refractivity contribution in [3.05, 3.63) is 57.6 Å². The lowest BCUT2D eigenvalue weighted by Crippen LogP contribution is -2.22. The Bertz CT molecular complexity index is 1090. The molecule has 176 valence electrons. The van der Waals surface area contributed by atoms with E-state index in [9.17, 15) is 10.1 Å². The van der Waals surface area contributed by atoms with E-state index in [2.05, 4.69) is 72.6 Å². The Kier molecular flexibility index (Phi) is 8.15. The summed E-state index contributed by atoms with van der Waals surface area (Å²) in [7, 11) is -1.20. The molecule has 0 unspecified atom stereocenters. The van der Waals surface area contributed by atoms with Crippen molar-refractivity contribution in [1.82, 2.24) is 9.55 Å². The van der Waals surface area contributed by atoms with Crippen molar-refractivity contribution < 1.29 is 9.53 Å². The van der Waals surface area contributed by atoms with Gasteiger partial charge in [-0.3, -0.25) is 4.79 Å². The largest absolute Gasteiger partial charge is 0.361 e. The maximum Gasteiger partial charge on any atom is 0.202 e. The van der Waals surface area contributed by atoms with E-state index in [0.717, 1.165) is 40.9 Å². The number of hydrogen-bond acceptors (Lipinski definition) is 4. The first-order valence-electron chi connectivity index (χ1n) is 11.5. The van der Waals surface area contributed by atoms with Gasteiger partial charge in [-0.05, 0) is 59.6 Å². The van der Waals surface area contributed by atoms with Crippen molar-refractivity contribution in [2.45, 2.75) is 71.9 Å². The number of hydrogen-bond donors (Lipinski definition) is 0. The third-order valence-electron chi connectivity index (χ3n) is 6.11. The number of carbonyl (C=O) groups is 1. The maximum absolute atomic E-state index is 13.3. The fourth-order valence-corrected chi connectivity index (χ4v) is 5.02. The molecule has 1 heterocycles. The highest BCUT2D eigenvalue weighted by atomic mass is 79.9. The molecule has 0 radical (unpaired) electrons. The fourth-order valence-electron chi connectivity index (χ4n) is 3.91. The van der Waals surface area contributed by atoms with Gasteiger partial charge < -0.3 is 9.30 Å². The van der Waals surface area contributed by atoms with Gasteiger partial charge in [0.05, 0.1) is 0 Å². The van der Waals surface area contributed by atoms with Crippen LogP contribution in [0, 0.1) is 16.7 Å². The van der Waals surface area contributed by atoms with Gasteiger partial charge >= 0.3 is 0 Å². The molecule has 0 aliphatic heterocycles. The van der Waals surface area contributed by atoms with Crippen LogP contribution in [0.25, 0.3) is 5.57 Å². The summed E-state index contributed by atoms with van der Waals surface area (Å²) in [6.45, 7) is 12.4. The number of carbonyl (C=O) groups excluding carboxylic acids is 1. The second-order valence-electron chi connectivity index (χ2n) is 10.9. The number of ether oxygens (including phenoxy) is 1. The zero-order valence-electron chi connectivity index (χ0n) is 20.4. The molecule has 0 bridgehead atoms. The van der Waals surface area contributed by atoms with E-state index >= 15 is 0 Å². The molecule has 3 rings (SSSR count).